The maximum Gasteiger partial charge on any atom is 0.407 e. The van der Waals surface area contributed by atoms with Crippen molar-refractivity contribution in [3.63, 3.8) is 0 Å². The van der Waals surface area contributed by atoms with Crippen molar-refractivity contribution in [2.24, 2.45) is 0 Å². The fourth-order valence-electron chi connectivity index (χ4n) is 3.99. The first-order valence-corrected chi connectivity index (χ1v) is 11.4. The van der Waals surface area contributed by atoms with Crippen molar-refractivity contribution >= 4 is 17.8 Å². The van der Waals surface area contributed by atoms with Gasteiger partial charge in [-0.25, -0.2) is 4.79 Å². The number of methoxy groups -OCH3 is 1. The van der Waals surface area contributed by atoms with Crippen LogP contribution in [0.1, 0.15) is 49.4 Å². The predicted octanol–water partition coefficient (Wildman–Crippen LogP) is 4.51. The van der Waals surface area contributed by atoms with Crippen LogP contribution in [0.3, 0.4) is 0 Å². The molecule has 1 saturated carbocycles. The number of anilines is 1. The number of para-hydroxylation sites is 1. The summed E-state index contributed by atoms with van der Waals surface area (Å²) in [4.78, 5) is 25.0. The average Bonchev–Trinajstić information content (AvgIpc) is 3.28. The highest BCUT2D eigenvalue weighted by molar-refractivity contribution is 5.97. The number of hydrogen-bond acceptors (Lipinski definition) is 5. The molecule has 1 aliphatic carbocycles. The van der Waals surface area contributed by atoms with Crippen molar-refractivity contribution < 1.29 is 19.1 Å². The van der Waals surface area contributed by atoms with E-state index in [0.717, 1.165) is 22.6 Å². The van der Waals surface area contributed by atoms with Crippen LogP contribution in [0, 0.1) is 0 Å². The minimum absolute atomic E-state index is 0.127. The van der Waals surface area contributed by atoms with E-state index in [9.17, 15) is 9.59 Å². The molecule has 1 fully saturated rings. The van der Waals surface area contributed by atoms with Crippen LogP contribution in [0.4, 0.5) is 10.6 Å². The van der Waals surface area contributed by atoms with Gasteiger partial charge in [-0.15, -0.1) is 0 Å². The molecule has 178 valence electrons. The minimum Gasteiger partial charge on any atom is -0.496 e. The van der Waals surface area contributed by atoms with Crippen LogP contribution in [0.5, 0.6) is 5.75 Å². The number of nitrogens with one attached hydrogen (secondary N) is 3. The number of nitrogens with zero attached hydrogens (tertiary/aromatic N) is 1. The number of alkyl carbamates (subject to hydrolysis) is 1. The first-order valence-electron chi connectivity index (χ1n) is 11.4. The van der Waals surface area contributed by atoms with Crippen LogP contribution in [0.25, 0.3) is 0 Å². The zero-order valence-electron chi connectivity index (χ0n) is 19.6. The summed E-state index contributed by atoms with van der Waals surface area (Å²) in [5, 5.41) is 12.9. The van der Waals surface area contributed by atoms with Crippen molar-refractivity contribution in [2.75, 3.05) is 12.4 Å². The molecular formula is C26H30N4O4. The smallest absolute Gasteiger partial charge is 0.407 e. The zero-order valence-corrected chi connectivity index (χ0v) is 19.6. The van der Waals surface area contributed by atoms with E-state index in [2.05, 4.69) is 20.8 Å². The van der Waals surface area contributed by atoms with E-state index >= 15 is 0 Å². The molecule has 0 radical (unpaired) electrons. The van der Waals surface area contributed by atoms with E-state index < -0.39 is 11.5 Å². The third-order valence-corrected chi connectivity index (χ3v) is 6.33. The van der Waals surface area contributed by atoms with Gasteiger partial charge in [-0.2, -0.15) is 5.10 Å². The highest BCUT2D eigenvalue weighted by Crippen LogP contribution is 2.38. The maximum atomic E-state index is 12.8. The van der Waals surface area contributed by atoms with Crippen molar-refractivity contribution in [1.29, 1.82) is 0 Å². The monoisotopic (exact) mass is 462 g/mol. The standard InChI is InChI=1S/C26H30N4O4/c1-26(2,19-10-5-4-6-11-19)24(31)28-23-15-21(29-30-23)18-13-20(14-18)34-25(32)27-16-17-9-7-8-12-22(17)33-3/h4-12,15,18,20H,13-14,16H2,1-3H3,(H,27,32)(H2,28,29,30,31)/t18-,20+. The second-order valence-electron chi connectivity index (χ2n) is 9.01. The molecule has 1 heterocycles. The van der Waals surface area contributed by atoms with Crippen molar-refractivity contribution in [2.45, 2.75) is 50.7 Å². The lowest BCUT2D eigenvalue weighted by molar-refractivity contribution is -0.120. The van der Waals surface area contributed by atoms with Gasteiger partial charge in [0.15, 0.2) is 5.82 Å². The zero-order chi connectivity index (χ0) is 24.1. The predicted molar refractivity (Wildman–Crippen MR) is 129 cm³/mol. The van der Waals surface area contributed by atoms with Crippen LogP contribution < -0.4 is 15.4 Å². The molecule has 0 atom stereocenters. The topological polar surface area (TPSA) is 105 Å². The lowest BCUT2D eigenvalue weighted by Gasteiger charge is -2.33. The van der Waals surface area contributed by atoms with E-state index in [1.54, 1.807) is 7.11 Å². The Morgan fingerprint density at radius 1 is 1.09 bits per heavy atom. The molecule has 0 spiro atoms. The number of benzene rings is 2. The number of carbonyl (C=O) groups excluding carboxylic acids is 2. The summed E-state index contributed by atoms with van der Waals surface area (Å²) in [7, 11) is 1.60. The van der Waals surface area contributed by atoms with Crippen molar-refractivity contribution in [3.8, 4) is 5.75 Å². The Morgan fingerprint density at radius 2 is 1.79 bits per heavy atom. The van der Waals surface area contributed by atoms with E-state index in [4.69, 9.17) is 9.47 Å². The molecule has 4 rings (SSSR count). The third kappa shape index (κ3) is 5.22. The first kappa shape index (κ1) is 23.4. The second kappa shape index (κ2) is 9.99. The Hall–Kier alpha value is -3.81. The Balaban J connectivity index is 1.23. The van der Waals surface area contributed by atoms with Crippen LogP contribution in [0.2, 0.25) is 0 Å². The van der Waals surface area contributed by atoms with Gasteiger partial charge in [0.05, 0.1) is 12.5 Å². The fourth-order valence-corrected chi connectivity index (χ4v) is 3.99. The highest BCUT2D eigenvalue weighted by atomic mass is 16.6. The summed E-state index contributed by atoms with van der Waals surface area (Å²) in [6.07, 6.45) is 0.802. The third-order valence-electron chi connectivity index (χ3n) is 6.33. The molecule has 0 aliphatic heterocycles. The summed E-state index contributed by atoms with van der Waals surface area (Å²) in [5.74, 6) is 1.29. The molecule has 1 aliphatic rings. The Labute approximate surface area is 199 Å². The molecule has 3 aromatic rings. The van der Waals surface area contributed by atoms with E-state index in [-0.39, 0.29) is 17.9 Å². The molecule has 3 N–H and O–H groups in total. The van der Waals surface area contributed by atoms with Gasteiger partial charge in [-0.1, -0.05) is 48.5 Å². The van der Waals surface area contributed by atoms with Gasteiger partial charge in [-0.3, -0.25) is 9.89 Å². The molecular weight excluding hydrogens is 432 g/mol. The van der Waals surface area contributed by atoms with Gasteiger partial charge in [0.1, 0.15) is 11.9 Å². The van der Waals surface area contributed by atoms with Gasteiger partial charge in [0.2, 0.25) is 5.91 Å². The summed E-state index contributed by atoms with van der Waals surface area (Å²) < 4.78 is 10.8. The van der Waals surface area contributed by atoms with Crippen LogP contribution in [-0.4, -0.2) is 35.4 Å². The number of aromatic amines is 1. The Morgan fingerprint density at radius 3 is 2.53 bits per heavy atom. The van der Waals surface area contributed by atoms with Gasteiger partial charge < -0.3 is 20.1 Å². The van der Waals surface area contributed by atoms with Crippen LogP contribution in [0.15, 0.2) is 60.7 Å². The molecule has 0 bridgehead atoms. The molecule has 0 saturated heterocycles. The van der Waals surface area contributed by atoms with Crippen LogP contribution >= 0.6 is 0 Å². The number of ether oxygens (including phenoxy) is 2. The van der Waals surface area contributed by atoms with Gasteiger partial charge in [-0.05, 0) is 38.3 Å². The lowest BCUT2D eigenvalue weighted by Crippen LogP contribution is -2.36. The summed E-state index contributed by atoms with van der Waals surface area (Å²) >= 11 is 0. The summed E-state index contributed by atoms with van der Waals surface area (Å²) in [5.41, 5.74) is 2.05. The summed E-state index contributed by atoms with van der Waals surface area (Å²) in [6, 6.07) is 19.0. The SMILES string of the molecule is COc1ccccc1CNC(=O)O[C@H]1C[C@@H](c2cc(NC(=O)C(C)(C)c3ccccc3)n[nH]2)C1. The Bertz CT molecular complexity index is 1140. The average molecular weight is 463 g/mol. The summed E-state index contributed by atoms with van der Waals surface area (Å²) in [6.45, 7) is 4.11. The fraction of sp³-hybridized carbons (Fsp3) is 0.346. The number of aromatic nitrogens is 2. The second-order valence-corrected chi connectivity index (χ2v) is 9.01. The normalized spacial score (nSPS) is 17.4. The molecule has 1 aromatic heterocycles. The van der Waals surface area contributed by atoms with Gasteiger partial charge >= 0.3 is 6.09 Å². The van der Waals surface area contributed by atoms with Gasteiger partial charge in [0, 0.05) is 29.8 Å². The number of rotatable bonds is 8. The number of hydrogen-bond donors (Lipinski definition) is 3. The van der Waals surface area contributed by atoms with Crippen LogP contribution in [-0.2, 0) is 21.5 Å². The van der Waals surface area contributed by atoms with E-state index in [0.29, 0.717) is 25.2 Å². The largest absolute Gasteiger partial charge is 0.496 e. The molecule has 8 nitrogen and oxygen atoms in total. The minimum atomic E-state index is -0.688. The highest BCUT2D eigenvalue weighted by Gasteiger charge is 2.35. The molecule has 2 aromatic carbocycles. The molecule has 2 amide bonds. The molecule has 8 heteroatoms. The van der Waals surface area contributed by atoms with E-state index in [1.807, 2.05) is 74.5 Å². The molecule has 0 unspecified atom stereocenters. The van der Waals surface area contributed by atoms with Crippen molar-refractivity contribution in [3.05, 3.63) is 77.5 Å². The number of carbonyl (C=O) groups is 2. The number of H-pyrrole nitrogens is 1. The van der Waals surface area contributed by atoms with Gasteiger partial charge in [0.25, 0.3) is 0 Å². The van der Waals surface area contributed by atoms with Crippen molar-refractivity contribution in [1.82, 2.24) is 15.5 Å². The Kier molecular flexibility index (Phi) is 6.86. The lowest BCUT2D eigenvalue weighted by atomic mass is 9.80. The quantitative estimate of drug-likeness (QED) is 0.457. The molecule has 34 heavy (non-hydrogen) atoms. The number of amides is 2. The maximum absolute atomic E-state index is 12.8. The first-order chi connectivity index (χ1) is 16.4. The van der Waals surface area contributed by atoms with E-state index in [1.165, 1.54) is 0 Å².